The summed E-state index contributed by atoms with van der Waals surface area (Å²) in [6, 6.07) is 14.2. The molecule has 0 saturated carbocycles. The van der Waals surface area contributed by atoms with Gasteiger partial charge in [-0.3, -0.25) is 0 Å². The summed E-state index contributed by atoms with van der Waals surface area (Å²) in [5.41, 5.74) is 2.04. The second-order valence-electron chi connectivity index (χ2n) is 4.51. The molecule has 0 radical (unpaired) electrons. The zero-order valence-corrected chi connectivity index (χ0v) is 13.9. The molecule has 1 unspecified atom stereocenters. The second kappa shape index (κ2) is 5.72. The van der Waals surface area contributed by atoms with Crippen LogP contribution in [0.3, 0.4) is 0 Å². The fraction of sp³-hybridized carbons (Fsp3) is 0.133. The SMILES string of the molecule is CC(Nc1ccc(Br)c(Cl)c1)c1nc2ccccc2s1. The summed E-state index contributed by atoms with van der Waals surface area (Å²) >= 11 is 11.2. The van der Waals surface area contributed by atoms with Crippen LogP contribution in [0.1, 0.15) is 18.0 Å². The van der Waals surface area contributed by atoms with Gasteiger partial charge in [0.1, 0.15) is 5.01 Å². The van der Waals surface area contributed by atoms with Crippen LogP contribution in [0.5, 0.6) is 0 Å². The quantitative estimate of drug-likeness (QED) is 0.624. The molecular formula is C15H12BrClN2S. The van der Waals surface area contributed by atoms with Crippen molar-refractivity contribution in [3.8, 4) is 0 Å². The number of hydrogen-bond donors (Lipinski definition) is 1. The van der Waals surface area contributed by atoms with Gasteiger partial charge in [-0.2, -0.15) is 0 Å². The van der Waals surface area contributed by atoms with E-state index in [1.807, 2.05) is 36.4 Å². The minimum absolute atomic E-state index is 0.143. The van der Waals surface area contributed by atoms with Crippen molar-refractivity contribution in [1.29, 1.82) is 0 Å². The van der Waals surface area contributed by atoms with Gasteiger partial charge < -0.3 is 5.32 Å². The first-order chi connectivity index (χ1) is 9.63. The Bertz CT molecular complexity index is 723. The summed E-state index contributed by atoms with van der Waals surface area (Å²) in [7, 11) is 0. The third-order valence-corrected chi connectivity index (χ3v) is 5.44. The molecule has 0 bridgehead atoms. The van der Waals surface area contributed by atoms with Gasteiger partial charge in [0.15, 0.2) is 0 Å². The Morgan fingerprint density at radius 2 is 2.05 bits per heavy atom. The molecule has 0 amide bonds. The van der Waals surface area contributed by atoms with Gasteiger partial charge in [0.05, 0.1) is 21.3 Å². The van der Waals surface area contributed by atoms with E-state index in [0.717, 1.165) is 20.7 Å². The van der Waals surface area contributed by atoms with Gasteiger partial charge in [-0.15, -0.1) is 11.3 Å². The van der Waals surface area contributed by atoms with E-state index in [9.17, 15) is 0 Å². The molecule has 2 aromatic carbocycles. The van der Waals surface area contributed by atoms with Crippen LogP contribution in [0.4, 0.5) is 5.69 Å². The highest BCUT2D eigenvalue weighted by Crippen LogP contribution is 2.30. The van der Waals surface area contributed by atoms with Crippen molar-refractivity contribution in [2.75, 3.05) is 5.32 Å². The van der Waals surface area contributed by atoms with E-state index >= 15 is 0 Å². The normalized spacial score (nSPS) is 12.6. The molecule has 0 fully saturated rings. The van der Waals surface area contributed by atoms with Gasteiger partial charge in [0.2, 0.25) is 0 Å². The molecule has 102 valence electrons. The smallest absolute Gasteiger partial charge is 0.116 e. The number of nitrogens with zero attached hydrogens (tertiary/aromatic N) is 1. The Morgan fingerprint density at radius 3 is 2.80 bits per heavy atom. The average molecular weight is 368 g/mol. The highest BCUT2D eigenvalue weighted by Gasteiger charge is 2.11. The molecule has 0 aliphatic rings. The lowest BCUT2D eigenvalue weighted by Gasteiger charge is -2.13. The number of rotatable bonds is 3. The highest BCUT2D eigenvalue weighted by molar-refractivity contribution is 9.10. The second-order valence-corrected chi connectivity index (χ2v) is 6.84. The molecule has 0 saturated heterocycles. The maximum atomic E-state index is 6.11. The molecule has 3 rings (SSSR count). The van der Waals surface area contributed by atoms with Crippen LogP contribution in [0.2, 0.25) is 5.02 Å². The summed E-state index contributed by atoms with van der Waals surface area (Å²) in [5, 5.41) is 5.20. The standard InChI is InChI=1S/C15H12BrClN2S/c1-9(18-10-6-7-11(16)12(17)8-10)15-19-13-4-2-3-5-14(13)20-15/h2-9,18H,1H3. The van der Waals surface area contributed by atoms with Crippen molar-refractivity contribution >= 4 is 54.8 Å². The number of nitrogens with one attached hydrogen (secondary N) is 1. The number of fused-ring (bicyclic) bond motifs is 1. The Hall–Kier alpha value is -1.10. The molecule has 0 aliphatic heterocycles. The summed E-state index contributed by atoms with van der Waals surface area (Å²) < 4.78 is 2.11. The molecule has 1 heterocycles. The minimum atomic E-state index is 0.143. The molecular weight excluding hydrogens is 356 g/mol. The topological polar surface area (TPSA) is 24.9 Å². The van der Waals surface area contributed by atoms with Crippen molar-refractivity contribution in [3.05, 3.63) is 57.0 Å². The maximum Gasteiger partial charge on any atom is 0.116 e. The third kappa shape index (κ3) is 2.82. The summed E-state index contributed by atoms with van der Waals surface area (Å²) in [4.78, 5) is 4.66. The molecule has 1 aromatic heterocycles. The summed E-state index contributed by atoms with van der Waals surface area (Å²) in [6.45, 7) is 2.10. The molecule has 1 atom stereocenters. The summed E-state index contributed by atoms with van der Waals surface area (Å²) in [6.07, 6.45) is 0. The summed E-state index contributed by atoms with van der Waals surface area (Å²) in [5.74, 6) is 0. The Balaban J connectivity index is 1.84. The minimum Gasteiger partial charge on any atom is -0.376 e. The largest absolute Gasteiger partial charge is 0.376 e. The van der Waals surface area contributed by atoms with Crippen LogP contribution in [0.25, 0.3) is 10.2 Å². The predicted molar refractivity (Wildman–Crippen MR) is 90.8 cm³/mol. The number of halogens is 2. The number of anilines is 1. The van der Waals surface area contributed by atoms with Crippen molar-refractivity contribution < 1.29 is 0 Å². The van der Waals surface area contributed by atoms with E-state index in [2.05, 4.69) is 39.2 Å². The third-order valence-electron chi connectivity index (χ3n) is 2.98. The molecule has 0 aliphatic carbocycles. The molecule has 0 spiro atoms. The van der Waals surface area contributed by atoms with Crippen molar-refractivity contribution in [2.45, 2.75) is 13.0 Å². The van der Waals surface area contributed by atoms with Crippen LogP contribution in [-0.4, -0.2) is 4.98 Å². The molecule has 2 nitrogen and oxygen atoms in total. The van der Waals surface area contributed by atoms with Gasteiger partial charge in [-0.1, -0.05) is 23.7 Å². The lowest BCUT2D eigenvalue weighted by atomic mass is 10.2. The van der Waals surface area contributed by atoms with Gasteiger partial charge in [-0.25, -0.2) is 4.98 Å². The van der Waals surface area contributed by atoms with E-state index < -0.39 is 0 Å². The van der Waals surface area contributed by atoms with E-state index in [0.29, 0.717) is 5.02 Å². The lowest BCUT2D eigenvalue weighted by molar-refractivity contribution is 0.874. The van der Waals surface area contributed by atoms with E-state index in [4.69, 9.17) is 11.6 Å². The number of aromatic nitrogens is 1. The maximum absolute atomic E-state index is 6.11. The van der Waals surface area contributed by atoms with E-state index in [1.165, 1.54) is 4.70 Å². The van der Waals surface area contributed by atoms with Crippen molar-refractivity contribution in [1.82, 2.24) is 4.98 Å². The first-order valence-electron chi connectivity index (χ1n) is 6.20. The Labute approximate surface area is 134 Å². The highest BCUT2D eigenvalue weighted by atomic mass is 79.9. The first-order valence-corrected chi connectivity index (χ1v) is 8.19. The fourth-order valence-corrected chi connectivity index (χ4v) is 3.37. The number of hydrogen-bond acceptors (Lipinski definition) is 3. The van der Waals surface area contributed by atoms with Crippen LogP contribution < -0.4 is 5.32 Å². The monoisotopic (exact) mass is 366 g/mol. The average Bonchev–Trinajstić information content (AvgIpc) is 2.87. The van der Waals surface area contributed by atoms with Crippen LogP contribution in [-0.2, 0) is 0 Å². The molecule has 1 N–H and O–H groups in total. The Morgan fingerprint density at radius 1 is 1.25 bits per heavy atom. The van der Waals surface area contributed by atoms with Gasteiger partial charge in [0.25, 0.3) is 0 Å². The molecule has 20 heavy (non-hydrogen) atoms. The van der Waals surface area contributed by atoms with Gasteiger partial charge >= 0.3 is 0 Å². The fourth-order valence-electron chi connectivity index (χ4n) is 1.97. The number of thiazole rings is 1. The number of benzene rings is 2. The van der Waals surface area contributed by atoms with E-state index in [-0.39, 0.29) is 6.04 Å². The first kappa shape index (κ1) is 13.9. The van der Waals surface area contributed by atoms with Crippen LogP contribution in [0.15, 0.2) is 46.9 Å². The molecule has 5 heteroatoms. The number of para-hydroxylation sites is 1. The predicted octanol–water partition coefficient (Wildman–Crippen LogP) is 5.89. The lowest BCUT2D eigenvalue weighted by Crippen LogP contribution is -2.05. The zero-order chi connectivity index (χ0) is 14.1. The van der Waals surface area contributed by atoms with Crippen molar-refractivity contribution in [3.63, 3.8) is 0 Å². The van der Waals surface area contributed by atoms with Crippen molar-refractivity contribution in [2.24, 2.45) is 0 Å². The van der Waals surface area contributed by atoms with Crippen LogP contribution in [0, 0.1) is 0 Å². The van der Waals surface area contributed by atoms with Gasteiger partial charge in [0, 0.05) is 10.2 Å². The van der Waals surface area contributed by atoms with E-state index in [1.54, 1.807) is 11.3 Å². The van der Waals surface area contributed by atoms with Crippen LogP contribution >= 0.6 is 38.9 Å². The zero-order valence-electron chi connectivity index (χ0n) is 10.7. The molecule has 3 aromatic rings. The Kier molecular flexibility index (Phi) is 3.96. The van der Waals surface area contributed by atoms with Gasteiger partial charge in [-0.05, 0) is 53.2 Å².